The minimum absolute atomic E-state index is 0.00427. The summed E-state index contributed by atoms with van der Waals surface area (Å²) in [4.78, 5) is 33.8. The molecule has 1 rings (SSSR count). The molecule has 4 N–H and O–H groups in total. The molecule has 0 aliphatic heterocycles. The highest BCUT2D eigenvalue weighted by molar-refractivity contribution is 5.74. The number of carboxylic acids is 1. The molecule has 0 aromatic heterocycles. The van der Waals surface area contributed by atoms with Gasteiger partial charge in [-0.3, -0.25) is 9.59 Å². The van der Waals surface area contributed by atoms with E-state index in [0.29, 0.717) is 12.0 Å². The van der Waals surface area contributed by atoms with Crippen molar-refractivity contribution in [3.63, 3.8) is 0 Å². The molecule has 30 heavy (non-hydrogen) atoms. The summed E-state index contributed by atoms with van der Waals surface area (Å²) in [5, 5.41) is 11.4. The quantitative estimate of drug-likeness (QED) is 0.499. The molecule has 0 bridgehead atoms. The number of benzene rings is 1. The van der Waals surface area contributed by atoms with Gasteiger partial charge in [-0.05, 0) is 64.2 Å². The standard InChI is InChI=1S/C21H31FN2O6/c1-13-10-14(6-5-7-18(26)27)19(22)16(11-13)29-12-15(8-9-17(23)25)24-20(28)30-21(2,3)4/h10-11,15H,5-9,12H2,1-4H3,(H2,23,25)(H,24,28)(H,26,27)/t15-/m0/s1. The first-order chi connectivity index (χ1) is 13.9. The molecule has 0 radical (unpaired) electrons. The van der Waals surface area contributed by atoms with E-state index in [1.807, 2.05) is 0 Å². The van der Waals surface area contributed by atoms with E-state index in [1.165, 1.54) is 6.07 Å². The Morgan fingerprint density at radius 2 is 1.90 bits per heavy atom. The third kappa shape index (κ3) is 10.1. The van der Waals surface area contributed by atoms with Crippen molar-refractivity contribution < 1.29 is 33.4 Å². The van der Waals surface area contributed by atoms with Gasteiger partial charge in [-0.15, -0.1) is 0 Å². The topological polar surface area (TPSA) is 128 Å². The maximum absolute atomic E-state index is 14.8. The summed E-state index contributed by atoms with van der Waals surface area (Å²) in [6.07, 6.45) is 0.0420. The smallest absolute Gasteiger partial charge is 0.407 e. The number of carboxylic acid groups (broad SMARTS) is 1. The first-order valence-corrected chi connectivity index (χ1v) is 9.79. The lowest BCUT2D eigenvalue weighted by Gasteiger charge is -2.24. The summed E-state index contributed by atoms with van der Waals surface area (Å²) in [7, 11) is 0. The van der Waals surface area contributed by atoms with Crippen molar-refractivity contribution in [3.05, 3.63) is 29.1 Å². The van der Waals surface area contributed by atoms with Gasteiger partial charge in [0.2, 0.25) is 5.91 Å². The minimum Gasteiger partial charge on any atom is -0.488 e. The van der Waals surface area contributed by atoms with Gasteiger partial charge in [-0.2, -0.15) is 0 Å². The first kappa shape index (κ1) is 25.2. The van der Waals surface area contributed by atoms with Crippen LogP contribution >= 0.6 is 0 Å². The second-order valence-corrected chi connectivity index (χ2v) is 8.14. The van der Waals surface area contributed by atoms with Gasteiger partial charge in [0.15, 0.2) is 11.6 Å². The Hall–Kier alpha value is -2.84. The fourth-order valence-electron chi connectivity index (χ4n) is 2.70. The number of hydrogen-bond acceptors (Lipinski definition) is 5. The van der Waals surface area contributed by atoms with Crippen LogP contribution in [0.3, 0.4) is 0 Å². The molecule has 0 spiro atoms. The molecule has 0 unspecified atom stereocenters. The molecule has 168 valence electrons. The molecule has 1 aromatic rings. The fraction of sp³-hybridized carbons (Fsp3) is 0.571. The molecule has 0 aliphatic carbocycles. The zero-order valence-corrected chi connectivity index (χ0v) is 17.9. The highest BCUT2D eigenvalue weighted by Crippen LogP contribution is 2.25. The predicted octanol–water partition coefficient (Wildman–Crippen LogP) is 3.08. The third-order valence-electron chi connectivity index (χ3n) is 4.00. The van der Waals surface area contributed by atoms with Gasteiger partial charge in [0.1, 0.15) is 12.2 Å². The molecule has 9 heteroatoms. The van der Waals surface area contributed by atoms with Crippen LogP contribution in [-0.2, 0) is 20.7 Å². The van der Waals surface area contributed by atoms with Crippen LogP contribution in [0.1, 0.15) is 57.6 Å². The summed E-state index contributed by atoms with van der Waals surface area (Å²) in [6.45, 7) is 6.83. The van der Waals surface area contributed by atoms with Crippen molar-refractivity contribution >= 4 is 18.0 Å². The number of amides is 2. The van der Waals surface area contributed by atoms with Crippen molar-refractivity contribution in [1.82, 2.24) is 5.32 Å². The Morgan fingerprint density at radius 1 is 1.23 bits per heavy atom. The number of aryl methyl sites for hydroxylation is 2. The molecule has 1 aromatic carbocycles. The Bertz CT molecular complexity index is 761. The van der Waals surface area contributed by atoms with Gasteiger partial charge in [-0.1, -0.05) is 6.07 Å². The van der Waals surface area contributed by atoms with Crippen LogP contribution in [-0.4, -0.2) is 41.3 Å². The van der Waals surface area contributed by atoms with Crippen LogP contribution in [0.5, 0.6) is 5.75 Å². The zero-order valence-electron chi connectivity index (χ0n) is 17.9. The summed E-state index contributed by atoms with van der Waals surface area (Å²) in [5.74, 6) is -2.05. The zero-order chi connectivity index (χ0) is 22.9. The number of halogens is 1. The first-order valence-electron chi connectivity index (χ1n) is 9.79. The van der Waals surface area contributed by atoms with Gasteiger partial charge < -0.3 is 25.6 Å². The van der Waals surface area contributed by atoms with E-state index in [1.54, 1.807) is 33.8 Å². The van der Waals surface area contributed by atoms with E-state index in [0.717, 1.165) is 5.56 Å². The number of carbonyl (C=O) groups excluding carboxylic acids is 2. The lowest BCUT2D eigenvalue weighted by molar-refractivity contribution is -0.137. The van der Waals surface area contributed by atoms with E-state index in [4.69, 9.17) is 20.3 Å². The van der Waals surface area contributed by atoms with E-state index in [-0.39, 0.29) is 38.0 Å². The molecule has 2 amide bonds. The van der Waals surface area contributed by atoms with Crippen molar-refractivity contribution in [2.45, 2.75) is 71.4 Å². The number of hydrogen-bond donors (Lipinski definition) is 3. The molecular weight excluding hydrogens is 395 g/mol. The molecular formula is C21H31FN2O6. The number of aliphatic carboxylic acids is 1. The van der Waals surface area contributed by atoms with Crippen LogP contribution in [0.4, 0.5) is 9.18 Å². The Balaban J connectivity index is 2.85. The third-order valence-corrected chi connectivity index (χ3v) is 4.00. The highest BCUT2D eigenvalue weighted by Gasteiger charge is 2.21. The normalized spacial score (nSPS) is 12.2. The fourth-order valence-corrected chi connectivity index (χ4v) is 2.70. The monoisotopic (exact) mass is 426 g/mol. The summed E-state index contributed by atoms with van der Waals surface area (Å²) in [6, 6.07) is 2.55. The van der Waals surface area contributed by atoms with Crippen molar-refractivity contribution in [2.75, 3.05) is 6.61 Å². The largest absolute Gasteiger partial charge is 0.488 e. The molecule has 8 nitrogen and oxygen atoms in total. The average molecular weight is 426 g/mol. The van der Waals surface area contributed by atoms with Crippen LogP contribution in [0.2, 0.25) is 0 Å². The van der Waals surface area contributed by atoms with E-state index in [2.05, 4.69) is 5.32 Å². The number of carbonyl (C=O) groups is 3. The molecule has 0 saturated heterocycles. The Morgan fingerprint density at radius 3 is 2.47 bits per heavy atom. The van der Waals surface area contributed by atoms with Crippen LogP contribution in [0.15, 0.2) is 12.1 Å². The Labute approximate surface area is 175 Å². The number of primary amides is 1. The van der Waals surface area contributed by atoms with Gasteiger partial charge >= 0.3 is 12.1 Å². The van der Waals surface area contributed by atoms with Gasteiger partial charge in [0, 0.05) is 12.8 Å². The van der Waals surface area contributed by atoms with Gasteiger partial charge in [0.05, 0.1) is 6.04 Å². The van der Waals surface area contributed by atoms with Crippen molar-refractivity contribution in [2.24, 2.45) is 5.73 Å². The molecule has 0 fully saturated rings. The van der Waals surface area contributed by atoms with Gasteiger partial charge in [0.25, 0.3) is 0 Å². The van der Waals surface area contributed by atoms with Crippen LogP contribution in [0.25, 0.3) is 0 Å². The number of rotatable bonds is 11. The maximum atomic E-state index is 14.8. The lowest BCUT2D eigenvalue weighted by atomic mass is 10.0. The summed E-state index contributed by atoms with van der Waals surface area (Å²) in [5.41, 5.74) is 5.60. The summed E-state index contributed by atoms with van der Waals surface area (Å²) < 4.78 is 25.6. The number of nitrogens with one attached hydrogen (secondary N) is 1. The number of alkyl carbamates (subject to hydrolysis) is 1. The second-order valence-electron chi connectivity index (χ2n) is 8.14. The SMILES string of the molecule is Cc1cc(CCCC(=O)O)c(F)c(OC[C@H](CCC(N)=O)NC(=O)OC(C)(C)C)c1. The average Bonchev–Trinajstić information content (AvgIpc) is 2.58. The van der Waals surface area contributed by atoms with E-state index >= 15 is 0 Å². The van der Waals surface area contributed by atoms with Crippen LogP contribution < -0.4 is 15.8 Å². The molecule has 0 saturated carbocycles. The van der Waals surface area contributed by atoms with Gasteiger partial charge in [-0.25, -0.2) is 9.18 Å². The summed E-state index contributed by atoms with van der Waals surface area (Å²) >= 11 is 0. The van der Waals surface area contributed by atoms with E-state index < -0.39 is 35.4 Å². The van der Waals surface area contributed by atoms with Crippen molar-refractivity contribution in [1.29, 1.82) is 0 Å². The minimum atomic E-state index is -0.940. The lowest BCUT2D eigenvalue weighted by Crippen LogP contribution is -2.42. The molecule has 0 heterocycles. The van der Waals surface area contributed by atoms with E-state index in [9.17, 15) is 18.8 Å². The number of nitrogens with two attached hydrogens (primary N) is 1. The second kappa shape index (κ2) is 11.4. The highest BCUT2D eigenvalue weighted by atomic mass is 19.1. The maximum Gasteiger partial charge on any atom is 0.407 e. The predicted molar refractivity (Wildman–Crippen MR) is 109 cm³/mol. The molecule has 1 atom stereocenters. The number of ether oxygens (including phenoxy) is 2. The molecule has 0 aliphatic rings. The van der Waals surface area contributed by atoms with Crippen molar-refractivity contribution in [3.8, 4) is 5.75 Å². The van der Waals surface area contributed by atoms with Crippen LogP contribution in [0, 0.1) is 12.7 Å². The Kier molecular flexibility index (Phi) is 9.55.